The number of para-hydroxylation sites is 1. The molecule has 14 nitrogen and oxygen atoms in total. The van der Waals surface area contributed by atoms with E-state index in [1.54, 1.807) is 42.0 Å². The number of ether oxygens (including phenoxy) is 3. The number of carbonyl (C=O) groups excluding carboxylic acids is 1. The lowest BCUT2D eigenvalue weighted by Crippen LogP contribution is -2.36. The molecule has 4 N–H and O–H groups in total. The zero-order chi connectivity index (χ0) is 34.1. The second-order valence-corrected chi connectivity index (χ2v) is 14.3. The lowest BCUT2D eigenvalue weighted by atomic mass is 9.99. The van der Waals surface area contributed by atoms with E-state index in [-0.39, 0.29) is 36.9 Å². The molecule has 4 atom stereocenters. The number of hydrogen-bond acceptors (Lipinski definition) is 11. The van der Waals surface area contributed by atoms with Gasteiger partial charge in [-0.05, 0) is 69.1 Å². The van der Waals surface area contributed by atoms with E-state index in [0.717, 1.165) is 50.5 Å². The van der Waals surface area contributed by atoms with Crippen molar-refractivity contribution >= 4 is 37.0 Å². The van der Waals surface area contributed by atoms with Gasteiger partial charge in [-0.1, -0.05) is 44.9 Å². The third-order valence-electron chi connectivity index (χ3n) is 8.55. The number of imidazole rings is 1. The summed E-state index contributed by atoms with van der Waals surface area (Å²) in [6, 6.07) is 7.66. The Balaban J connectivity index is 1.35. The fourth-order valence-electron chi connectivity index (χ4n) is 5.79. The number of H-pyrrole nitrogens is 1. The molecular formula is C33H47N6O8P. The number of nitrogen functional groups attached to an aromatic ring is 1. The van der Waals surface area contributed by atoms with Crippen molar-refractivity contribution in [1.29, 1.82) is 0 Å². The van der Waals surface area contributed by atoms with Crippen LogP contribution in [0.15, 0.2) is 47.0 Å². The quantitative estimate of drug-likeness (QED) is 0.114. The van der Waals surface area contributed by atoms with Gasteiger partial charge in [-0.15, -0.1) is 0 Å². The van der Waals surface area contributed by atoms with Gasteiger partial charge in [0, 0.05) is 18.2 Å². The van der Waals surface area contributed by atoms with Crippen LogP contribution in [0.5, 0.6) is 5.75 Å². The topological polar surface area (TPSA) is 182 Å². The molecule has 48 heavy (non-hydrogen) atoms. The first-order valence-corrected chi connectivity index (χ1v) is 18.3. The van der Waals surface area contributed by atoms with Gasteiger partial charge in [0.15, 0.2) is 17.5 Å². The van der Waals surface area contributed by atoms with Crippen LogP contribution in [0.1, 0.15) is 72.1 Å². The van der Waals surface area contributed by atoms with Crippen molar-refractivity contribution in [3.63, 3.8) is 0 Å². The number of aromatic nitrogens is 4. The third kappa shape index (κ3) is 9.32. The average molecular weight is 687 g/mol. The van der Waals surface area contributed by atoms with Gasteiger partial charge in [-0.25, -0.2) is 9.55 Å². The normalized spacial score (nSPS) is 22.1. The summed E-state index contributed by atoms with van der Waals surface area (Å²) >= 11 is 0. The van der Waals surface area contributed by atoms with E-state index in [1.807, 2.05) is 6.07 Å². The Morgan fingerprint density at radius 3 is 2.71 bits per heavy atom. The number of nitrogens with two attached hydrogens (primary N) is 1. The zero-order valence-electron chi connectivity index (χ0n) is 27.9. The number of nitrogens with zero attached hydrogens (tertiary/aromatic N) is 3. The summed E-state index contributed by atoms with van der Waals surface area (Å²) in [7, 11) is -4.14. The van der Waals surface area contributed by atoms with Gasteiger partial charge in [0.25, 0.3) is 5.56 Å². The molecule has 0 spiro atoms. The van der Waals surface area contributed by atoms with E-state index < -0.39 is 30.7 Å². The predicted octanol–water partition coefficient (Wildman–Crippen LogP) is 5.42. The summed E-state index contributed by atoms with van der Waals surface area (Å²) in [5.74, 6) is 0.0114. The van der Waals surface area contributed by atoms with Gasteiger partial charge in [-0.3, -0.25) is 23.7 Å². The summed E-state index contributed by atoms with van der Waals surface area (Å²) in [4.78, 5) is 36.3. The van der Waals surface area contributed by atoms with Gasteiger partial charge in [0.1, 0.15) is 18.1 Å². The maximum atomic E-state index is 14.4. The van der Waals surface area contributed by atoms with Gasteiger partial charge < -0.3 is 24.5 Å². The second-order valence-electron chi connectivity index (χ2n) is 12.6. The number of hydrogen-bond donors (Lipinski definition) is 3. The number of esters is 1. The lowest BCUT2D eigenvalue weighted by Gasteiger charge is -2.27. The smallest absolute Gasteiger partial charge is 0.459 e. The van der Waals surface area contributed by atoms with Crippen molar-refractivity contribution < 1.29 is 32.6 Å². The van der Waals surface area contributed by atoms with E-state index in [4.69, 9.17) is 29.0 Å². The monoisotopic (exact) mass is 686 g/mol. The first kappa shape index (κ1) is 35.7. The molecule has 2 aliphatic rings. The minimum absolute atomic E-state index is 0.0280. The molecule has 1 saturated heterocycles. The van der Waals surface area contributed by atoms with Crippen molar-refractivity contribution in [3.8, 4) is 5.75 Å². The molecular weight excluding hydrogens is 639 g/mol. The maximum Gasteiger partial charge on any atom is 0.459 e. The number of rotatable bonds is 18. The molecule has 1 aliphatic carbocycles. The summed E-state index contributed by atoms with van der Waals surface area (Å²) in [6.45, 7) is 6.85. The molecule has 1 aliphatic heterocycles. The molecule has 3 aromatic rings. The first-order chi connectivity index (χ1) is 23.1. The van der Waals surface area contributed by atoms with Crippen LogP contribution < -0.4 is 20.9 Å². The highest BCUT2D eigenvalue weighted by molar-refractivity contribution is 7.52. The second kappa shape index (κ2) is 16.2. The van der Waals surface area contributed by atoms with Crippen LogP contribution in [0.4, 0.5) is 5.95 Å². The summed E-state index contributed by atoms with van der Waals surface area (Å²) in [6.07, 6.45) is 10.1. The Morgan fingerprint density at radius 1 is 1.23 bits per heavy atom. The summed E-state index contributed by atoms with van der Waals surface area (Å²) in [5.41, 5.74) is 5.98. The minimum atomic E-state index is -4.14. The number of anilines is 1. The standard InChI is InChI=1S/C33H47N6O8P/c1-4-11-24(12-5-2)19-44-31(41)23(3)38-48(42,47-26-13-7-6-8-14-26)46-21-33(20-45-27-15-9-10-16-43-27)17-25(33)18-39-22-35-28-29(39)36-32(34)37-30(28)40/h6-8,13-14,18,22-24,27H,4-5,9-12,15-17,19-21H2,1-3H3,(H,38,42)(H3,34,36,37,40)/b25-18-/t23-,27?,33?,48-/m0/s1. The van der Waals surface area contributed by atoms with Crippen molar-refractivity contribution in [1.82, 2.24) is 24.6 Å². The minimum Gasteiger partial charge on any atom is -0.464 e. The van der Waals surface area contributed by atoms with Crippen molar-refractivity contribution in [2.75, 3.05) is 32.2 Å². The maximum absolute atomic E-state index is 14.4. The molecule has 2 fully saturated rings. The number of carbonyl (C=O) groups is 1. The summed E-state index contributed by atoms with van der Waals surface area (Å²) < 4.78 is 45.7. The molecule has 2 aromatic heterocycles. The third-order valence-corrected chi connectivity index (χ3v) is 10.2. The fraction of sp³-hybridized carbons (Fsp3) is 0.576. The van der Waals surface area contributed by atoms with Gasteiger partial charge in [0.2, 0.25) is 5.95 Å². The Hall–Kier alpha value is -3.55. The van der Waals surface area contributed by atoms with Gasteiger partial charge in [-0.2, -0.15) is 10.1 Å². The largest absolute Gasteiger partial charge is 0.464 e. The molecule has 15 heteroatoms. The number of aromatic amines is 1. The number of nitrogens with one attached hydrogen (secondary N) is 2. The van der Waals surface area contributed by atoms with Crippen LogP contribution in [0.3, 0.4) is 0 Å². The Labute approximate surface area is 280 Å². The van der Waals surface area contributed by atoms with E-state index in [0.29, 0.717) is 31.0 Å². The highest BCUT2D eigenvalue weighted by Crippen LogP contribution is 2.57. The van der Waals surface area contributed by atoms with Crippen LogP contribution in [0.25, 0.3) is 17.4 Å². The van der Waals surface area contributed by atoms with E-state index in [9.17, 15) is 14.2 Å². The summed E-state index contributed by atoms with van der Waals surface area (Å²) in [5, 5.41) is 2.81. The molecule has 0 bridgehead atoms. The molecule has 2 unspecified atom stereocenters. The number of benzene rings is 1. The SMILES string of the molecule is CCCC(CCC)COC(=O)[C@H](C)N[P@](=O)(OCC1(COC2CCCCO2)C/C1=C/n1cnc2c(=O)[nH]c(N)nc21)Oc1ccccc1. The molecule has 1 aromatic carbocycles. The molecule has 5 rings (SSSR count). The van der Waals surface area contributed by atoms with Crippen LogP contribution in [-0.4, -0.2) is 64.2 Å². The first-order valence-electron chi connectivity index (χ1n) is 16.7. The number of fused-ring (bicyclic) bond motifs is 1. The molecule has 1 saturated carbocycles. The highest BCUT2D eigenvalue weighted by Gasteiger charge is 2.52. The predicted molar refractivity (Wildman–Crippen MR) is 181 cm³/mol. The van der Waals surface area contributed by atoms with Crippen molar-refractivity contribution in [2.45, 2.75) is 84.5 Å². The lowest BCUT2D eigenvalue weighted by molar-refractivity contribution is -0.171. The zero-order valence-corrected chi connectivity index (χ0v) is 28.8. The Morgan fingerprint density at radius 2 is 2.00 bits per heavy atom. The highest BCUT2D eigenvalue weighted by atomic mass is 31.2. The average Bonchev–Trinajstić information content (AvgIpc) is 3.61. The Bertz CT molecular complexity index is 1650. The van der Waals surface area contributed by atoms with Gasteiger partial charge in [0.05, 0.1) is 19.8 Å². The van der Waals surface area contributed by atoms with E-state index >= 15 is 0 Å². The van der Waals surface area contributed by atoms with Crippen LogP contribution in [-0.2, 0) is 28.1 Å². The molecule has 0 radical (unpaired) electrons. The molecule has 262 valence electrons. The van der Waals surface area contributed by atoms with Crippen molar-refractivity contribution in [2.24, 2.45) is 11.3 Å². The van der Waals surface area contributed by atoms with E-state index in [1.165, 1.54) is 6.33 Å². The van der Waals surface area contributed by atoms with Crippen molar-refractivity contribution in [3.05, 3.63) is 52.6 Å². The van der Waals surface area contributed by atoms with Crippen LogP contribution >= 0.6 is 7.75 Å². The fourth-order valence-corrected chi connectivity index (χ4v) is 7.37. The van der Waals surface area contributed by atoms with E-state index in [2.05, 4.69) is 33.9 Å². The Kier molecular flexibility index (Phi) is 12.1. The molecule has 0 amide bonds. The molecule has 3 heterocycles. The van der Waals surface area contributed by atoms with Crippen LogP contribution in [0.2, 0.25) is 0 Å². The van der Waals surface area contributed by atoms with Gasteiger partial charge >= 0.3 is 13.7 Å². The van der Waals surface area contributed by atoms with Crippen LogP contribution in [0, 0.1) is 11.3 Å².